The van der Waals surface area contributed by atoms with Crippen LogP contribution < -0.4 is 15.2 Å². The fourth-order valence-corrected chi connectivity index (χ4v) is 5.17. The summed E-state index contributed by atoms with van der Waals surface area (Å²) in [6.45, 7) is 10.7. The summed E-state index contributed by atoms with van der Waals surface area (Å²) in [5, 5.41) is 0. The number of likely N-dealkylation sites (tertiary alicyclic amines) is 1. The van der Waals surface area contributed by atoms with Crippen molar-refractivity contribution in [1.82, 2.24) is 4.90 Å². The topological polar surface area (TPSA) is 92.5 Å². The van der Waals surface area contributed by atoms with Gasteiger partial charge in [0.15, 0.2) is 0 Å². The Labute approximate surface area is 256 Å². The van der Waals surface area contributed by atoms with Crippen molar-refractivity contribution in [3.8, 4) is 11.5 Å². The average Bonchev–Trinajstić information content (AvgIpc) is 2.98. The van der Waals surface area contributed by atoms with Gasteiger partial charge in [-0.05, 0) is 69.5 Å². The third-order valence-corrected chi connectivity index (χ3v) is 7.43. The molecule has 4 rings (SSSR count). The molecule has 3 aromatic carbocycles. The highest BCUT2D eigenvalue weighted by Crippen LogP contribution is 2.33. The van der Waals surface area contributed by atoms with Gasteiger partial charge in [0.05, 0.1) is 46.2 Å². The zero-order valence-electron chi connectivity index (χ0n) is 26.1. The highest BCUT2D eigenvalue weighted by Gasteiger charge is 2.35. The molecule has 2 atom stereocenters. The number of nitrogens with two attached hydrogens (primary N) is 1. The zero-order chi connectivity index (χ0) is 30.8. The van der Waals surface area contributed by atoms with Crippen LogP contribution in [0.15, 0.2) is 66.7 Å². The average molecular weight is 591 g/mol. The number of carbonyl (C=O) groups excluding carboxylic acids is 1. The molecular weight excluding hydrogens is 544 g/mol. The van der Waals surface area contributed by atoms with E-state index in [2.05, 4.69) is 12.1 Å². The van der Waals surface area contributed by atoms with Crippen molar-refractivity contribution in [2.75, 3.05) is 39.1 Å². The molecule has 232 valence electrons. The van der Waals surface area contributed by atoms with Gasteiger partial charge in [0.25, 0.3) is 0 Å². The number of nitrogen functional groups attached to an aromatic ring is 1. The summed E-state index contributed by atoms with van der Waals surface area (Å²) >= 11 is 0. The van der Waals surface area contributed by atoms with Crippen molar-refractivity contribution in [2.45, 2.75) is 71.4 Å². The predicted molar refractivity (Wildman–Crippen MR) is 169 cm³/mol. The van der Waals surface area contributed by atoms with E-state index in [0.29, 0.717) is 45.2 Å². The lowest BCUT2D eigenvalue weighted by atomic mass is 9.87. The lowest BCUT2D eigenvalue weighted by Gasteiger charge is -2.39. The molecule has 1 heterocycles. The summed E-state index contributed by atoms with van der Waals surface area (Å²) in [7, 11) is 1.67. The van der Waals surface area contributed by atoms with Gasteiger partial charge >= 0.3 is 6.09 Å². The van der Waals surface area contributed by atoms with Crippen LogP contribution in [0, 0.1) is 6.92 Å². The van der Waals surface area contributed by atoms with E-state index >= 15 is 0 Å². The number of amides is 1. The van der Waals surface area contributed by atoms with Gasteiger partial charge in [-0.2, -0.15) is 0 Å². The van der Waals surface area contributed by atoms with E-state index in [9.17, 15) is 4.79 Å². The molecule has 1 saturated heterocycles. The van der Waals surface area contributed by atoms with Gasteiger partial charge < -0.3 is 34.3 Å². The van der Waals surface area contributed by atoms with E-state index in [0.717, 1.165) is 46.6 Å². The fraction of sp³-hybridized carbons (Fsp3) is 0.457. The normalized spacial score (nSPS) is 17.0. The Morgan fingerprint density at radius 3 is 2.47 bits per heavy atom. The third-order valence-electron chi connectivity index (χ3n) is 7.43. The van der Waals surface area contributed by atoms with Gasteiger partial charge in [0, 0.05) is 35.7 Å². The zero-order valence-corrected chi connectivity index (χ0v) is 26.1. The Morgan fingerprint density at radius 1 is 0.977 bits per heavy atom. The number of carbonyl (C=O) groups is 1. The van der Waals surface area contributed by atoms with E-state index in [-0.39, 0.29) is 18.1 Å². The maximum absolute atomic E-state index is 12.9. The van der Waals surface area contributed by atoms with Gasteiger partial charge in [0.2, 0.25) is 0 Å². The molecular formula is C35H46N2O6. The molecule has 1 aliphatic heterocycles. The summed E-state index contributed by atoms with van der Waals surface area (Å²) in [4.78, 5) is 14.6. The lowest BCUT2D eigenvalue weighted by Crippen LogP contribution is -2.48. The first-order chi connectivity index (χ1) is 20.6. The van der Waals surface area contributed by atoms with Crippen LogP contribution in [0.1, 0.15) is 61.8 Å². The number of ether oxygens (including phenoxy) is 5. The van der Waals surface area contributed by atoms with E-state index in [1.807, 2.05) is 82.3 Å². The van der Waals surface area contributed by atoms with Crippen molar-refractivity contribution in [1.29, 1.82) is 0 Å². The molecule has 0 radical (unpaired) electrons. The molecule has 43 heavy (non-hydrogen) atoms. The van der Waals surface area contributed by atoms with Gasteiger partial charge in [-0.25, -0.2) is 4.79 Å². The van der Waals surface area contributed by atoms with E-state index in [1.165, 1.54) is 0 Å². The monoisotopic (exact) mass is 590 g/mol. The Bertz CT molecular complexity index is 1320. The molecule has 0 aliphatic carbocycles. The molecule has 8 heteroatoms. The second kappa shape index (κ2) is 15.1. The van der Waals surface area contributed by atoms with Crippen molar-refractivity contribution in [3.63, 3.8) is 0 Å². The number of hydrogen-bond acceptors (Lipinski definition) is 7. The molecule has 2 N–H and O–H groups in total. The minimum absolute atomic E-state index is 0.114. The molecule has 0 aromatic heterocycles. The van der Waals surface area contributed by atoms with Crippen molar-refractivity contribution < 1.29 is 28.5 Å². The van der Waals surface area contributed by atoms with Crippen LogP contribution in [0.2, 0.25) is 0 Å². The smallest absolute Gasteiger partial charge is 0.410 e. The largest absolute Gasteiger partial charge is 0.496 e. The maximum Gasteiger partial charge on any atom is 0.410 e. The second-order valence-electron chi connectivity index (χ2n) is 12.0. The molecule has 1 fully saturated rings. The van der Waals surface area contributed by atoms with Crippen LogP contribution in [0.4, 0.5) is 10.5 Å². The number of piperidine rings is 1. The first kappa shape index (κ1) is 32.2. The fourth-order valence-electron chi connectivity index (χ4n) is 5.17. The Kier molecular flexibility index (Phi) is 11.3. The SMILES string of the molecule is COc1ccccc1COCCCOc1ccc(C2CCN(C(=O)OC(C)(C)C)CC2OCc2ccc(C)cc2N)cc1. The van der Waals surface area contributed by atoms with Crippen molar-refractivity contribution in [3.05, 3.63) is 89.0 Å². The van der Waals surface area contributed by atoms with E-state index in [4.69, 9.17) is 29.4 Å². The first-order valence-electron chi connectivity index (χ1n) is 15.0. The van der Waals surface area contributed by atoms with Crippen LogP contribution in [-0.4, -0.2) is 56.1 Å². The number of para-hydroxylation sites is 1. The van der Waals surface area contributed by atoms with E-state index in [1.54, 1.807) is 12.0 Å². The van der Waals surface area contributed by atoms with Gasteiger partial charge in [-0.15, -0.1) is 0 Å². The predicted octanol–water partition coefficient (Wildman–Crippen LogP) is 6.88. The molecule has 0 spiro atoms. The molecule has 0 saturated carbocycles. The van der Waals surface area contributed by atoms with Crippen LogP contribution >= 0.6 is 0 Å². The summed E-state index contributed by atoms with van der Waals surface area (Å²) < 4.78 is 29.3. The highest BCUT2D eigenvalue weighted by molar-refractivity contribution is 5.68. The lowest BCUT2D eigenvalue weighted by molar-refractivity contribution is -0.0358. The Hall–Kier alpha value is -3.75. The summed E-state index contributed by atoms with van der Waals surface area (Å²) in [6.07, 6.45) is 1.01. The Balaban J connectivity index is 1.32. The summed E-state index contributed by atoms with van der Waals surface area (Å²) in [5.74, 6) is 1.76. The number of aryl methyl sites for hydroxylation is 1. The van der Waals surface area contributed by atoms with Crippen LogP contribution in [-0.2, 0) is 27.4 Å². The van der Waals surface area contributed by atoms with Crippen LogP contribution in [0.3, 0.4) is 0 Å². The van der Waals surface area contributed by atoms with Gasteiger partial charge in [-0.1, -0.05) is 42.5 Å². The van der Waals surface area contributed by atoms with Crippen molar-refractivity contribution >= 4 is 11.8 Å². The van der Waals surface area contributed by atoms with Crippen molar-refractivity contribution in [2.24, 2.45) is 0 Å². The van der Waals surface area contributed by atoms with Crippen LogP contribution in [0.25, 0.3) is 0 Å². The maximum atomic E-state index is 12.9. The Morgan fingerprint density at radius 2 is 1.74 bits per heavy atom. The summed E-state index contributed by atoms with van der Waals surface area (Å²) in [5.41, 5.74) is 10.6. The number of hydrogen-bond donors (Lipinski definition) is 1. The minimum Gasteiger partial charge on any atom is -0.496 e. The van der Waals surface area contributed by atoms with Crippen LogP contribution in [0.5, 0.6) is 11.5 Å². The molecule has 0 bridgehead atoms. The molecule has 1 amide bonds. The second-order valence-corrected chi connectivity index (χ2v) is 12.0. The number of benzene rings is 3. The molecule has 3 aromatic rings. The molecule has 2 unspecified atom stereocenters. The number of rotatable bonds is 12. The summed E-state index contributed by atoms with van der Waals surface area (Å²) in [6, 6.07) is 22.0. The number of methoxy groups -OCH3 is 1. The molecule has 1 aliphatic rings. The molecule has 8 nitrogen and oxygen atoms in total. The number of anilines is 1. The highest BCUT2D eigenvalue weighted by atomic mass is 16.6. The van der Waals surface area contributed by atoms with Gasteiger partial charge in [0.1, 0.15) is 17.1 Å². The number of nitrogens with zero attached hydrogens (tertiary/aromatic N) is 1. The van der Waals surface area contributed by atoms with Gasteiger partial charge in [-0.3, -0.25) is 0 Å². The first-order valence-corrected chi connectivity index (χ1v) is 15.0. The minimum atomic E-state index is -0.558. The third kappa shape index (κ3) is 9.63. The quantitative estimate of drug-likeness (QED) is 0.182. The van der Waals surface area contributed by atoms with E-state index < -0.39 is 5.60 Å². The standard InChI is InChI=1S/C35H46N2O6/c1-25-11-12-27(31(36)21-25)24-42-33-22-37(34(38)43-35(2,3)4)18-17-30(33)26-13-15-29(16-14-26)41-20-8-19-40-23-28-9-6-7-10-32(28)39-5/h6-7,9-16,21,30,33H,8,17-20,22-24,36H2,1-5H3.